The minimum absolute atomic E-state index is 0.0568. The molecule has 1 N–H and O–H groups in total. The summed E-state index contributed by atoms with van der Waals surface area (Å²) in [4.78, 5) is 26.1. The molecule has 0 spiro atoms. The minimum atomic E-state index is -3.32. The smallest absolute Gasteiger partial charge is 0.250 e. The van der Waals surface area contributed by atoms with E-state index in [9.17, 15) is 18.0 Å². The van der Waals surface area contributed by atoms with Crippen molar-refractivity contribution in [3.8, 4) is 0 Å². The van der Waals surface area contributed by atoms with E-state index >= 15 is 0 Å². The number of aromatic nitrogens is 1. The number of aryl methyl sites for hydroxylation is 1. The fourth-order valence-electron chi connectivity index (χ4n) is 3.38. The van der Waals surface area contributed by atoms with Gasteiger partial charge in [0, 0.05) is 43.9 Å². The van der Waals surface area contributed by atoms with Crippen molar-refractivity contribution in [2.45, 2.75) is 39.8 Å². The Hall–Kier alpha value is -1.67. The zero-order valence-corrected chi connectivity index (χ0v) is 16.0. The van der Waals surface area contributed by atoms with Crippen LogP contribution in [0.5, 0.6) is 0 Å². The van der Waals surface area contributed by atoms with Crippen molar-refractivity contribution in [3.05, 3.63) is 34.2 Å². The maximum atomic E-state index is 12.6. The second-order valence-electron chi connectivity index (χ2n) is 7.11. The third-order valence-corrected chi connectivity index (χ3v) is 5.49. The highest BCUT2D eigenvalue weighted by Crippen LogP contribution is 2.25. The van der Waals surface area contributed by atoms with Crippen LogP contribution >= 0.6 is 0 Å². The van der Waals surface area contributed by atoms with Gasteiger partial charge in [0.15, 0.2) is 0 Å². The standard InChI is InChI=1S/C17H27N3O4S/c1-12(2)14-10-19(11-15(14)18-25(4,23)24)16(21)8-9-20-13(3)6-5-7-17(20)22/h5-7,12,14-15,18H,8-11H2,1-4H3/t14-,15+/m1/s1. The van der Waals surface area contributed by atoms with Crippen molar-refractivity contribution < 1.29 is 13.2 Å². The van der Waals surface area contributed by atoms with Crippen LogP contribution in [0.25, 0.3) is 0 Å². The number of nitrogens with zero attached hydrogens (tertiary/aromatic N) is 2. The van der Waals surface area contributed by atoms with Gasteiger partial charge in [0.1, 0.15) is 0 Å². The average molecular weight is 369 g/mol. The number of nitrogens with one attached hydrogen (secondary N) is 1. The van der Waals surface area contributed by atoms with Crippen molar-refractivity contribution in [3.63, 3.8) is 0 Å². The van der Waals surface area contributed by atoms with Crippen molar-refractivity contribution >= 4 is 15.9 Å². The zero-order chi connectivity index (χ0) is 18.8. The van der Waals surface area contributed by atoms with Crippen molar-refractivity contribution in [1.29, 1.82) is 0 Å². The van der Waals surface area contributed by atoms with Gasteiger partial charge in [-0.1, -0.05) is 19.9 Å². The number of hydrogen-bond donors (Lipinski definition) is 1. The summed E-state index contributed by atoms with van der Waals surface area (Å²) < 4.78 is 27.4. The molecule has 2 atom stereocenters. The van der Waals surface area contributed by atoms with Gasteiger partial charge in [-0.25, -0.2) is 13.1 Å². The number of carbonyl (C=O) groups excluding carboxylic acids is 1. The topological polar surface area (TPSA) is 88.5 Å². The molecule has 1 aliphatic rings. The molecule has 140 valence electrons. The van der Waals surface area contributed by atoms with Gasteiger partial charge in [-0.15, -0.1) is 0 Å². The molecule has 0 saturated carbocycles. The Kier molecular flexibility index (Phi) is 6.05. The number of carbonyl (C=O) groups is 1. The van der Waals surface area contributed by atoms with Gasteiger partial charge >= 0.3 is 0 Å². The molecule has 25 heavy (non-hydrogen) atoms. The summed E-state index contributed by atoms with van der Waals surface area (Å²) in [5.74, 6) is 0.287. The van der Waals surface area contributed by atoms with Gasteiger partial charge in [0.2, 0.25) is 15.9 Å². The second kappa shape index (κ2) is 7.70. The molecule has 0 aliphatic carbocycles. The van der Waals surface area contributed by atoms with E-state index in [-0.39, 0.29) is 35.8 Å². The molecule has 0 bridgehead atoms. The van der Waals surface area contributed by atoms with Crippen molar-refractivity contribution in [1.82, 2.24) is 14.2 Å². The largest absolute Gasteiger partial charge is 0.341 e. The molecule has 2 rings (SSSR count). The molecule has 1 fully saturated rings. The summed E-state index contributed by atoms with van der Waals surface area (Å²) in [7, 11) is -3.32. The Balaban J connectivity index is 2.03. The second-order valence-corrected chi connectivity index (χ2v) is 8.89. The fraction of sp³-hybridized carbons (Fsp3) is 0.647. The Morgan fingerprint density at radius 2 is 2.00 bits per heavy atom. The Morgan fingerprint density at radius 3 is 2.56 bits per heavy atom. The molecule has 1 aliphatic heterocycles. The summed E-state index contributed by atoms with van der Waals surface area (Å²) in [5.41, 5.74) is 0.698. The fourth-order valence-corrected chi connectivity index (χ4v) is 4.18. The highest BCUT2D eigenvalue weighted by atomic mass is 32.2. The van der Waals surface area contributed by atoms with Crippen molar-refractivity contribution in [2.75, 3.05) is 19.3 Å². The maximum Gasteiger partial charge on any atom is 0.250 e. The van der Waals surface area contributed by atoms with Gasteiger partial charge in [-0.3, -0.25) is 9.59 Å². The molecule has 8 heteroatoms. The summed E-state index contributed by atoms with van der Waals surface area (Å²) in [6.45, 7) is 7.13. The van der Waals surface area contributed by atoms with E-state index in [2.05, 4.69) is 4.72 Å². The summed E-state index contributed by atoms with van der Waals surface area (Å²) in [6.07, 6.45) is 1.36. The van der Waals surface area contributed by atoms with Crippen LogP contribution in [0.2, 0.25) is 0 Å². The quantitative estimate of drug-likeness (QED) is 0.794. The molecule has 1 aromatic rings. The Bertz CT molecular complexity index is 785. The van der Waals surface area contributed by atoms with E-state index in [1.54, 1.807) is 15.5 Å². The normalized spacial score (nSPS) is 21.1. The first-order valence-corrected chi connectivity index (χ1v) is 10.4. The van der Waals surface area contributed by atoms with Gasteiger partial charge in [0.05, 0.1) is 6.26 Å². The molecular weight excluding hydrogens is 342 g/mol. The summed E-state index contributed by atoms with van der Waals surface area (Å²) >= 11 is 0. The summed E-state index contributed by atoms with van der Waals surface area (Å²) in [6, 6.07) is 4.75. The first-order valence-electron chi connectivity index (χ1n) is 8.50. The number of pyridine rings is 1. The number of likely N-dealkylation sites (tertiary alicyclic amines) is 1. The van der Waals surface area contributed by atoms with E-state index in [4.69, 9.17) is 0 Å². The molecule has 1 amide bonds. The van der Waals surface area contributed by atoms with Crippen LogP contribution in [0.1, 0.15) is 26.0 Å². The lowest BCUT2D eigenvalue weighted by atomic mass is 9.92. The van der Waals surface area contributed by atoms with Gasteiger partial charge < -0.3 is 9.47 Å². The molecule has 0 radical (unpaired) electrons. The molecule has 7 nitrogen and oxygen atoms in total. The zero-order valence-electron chi connectivity index (χ0n) is 15.2. The first kappa shape index (κ1) is 19.7. The van der Waals surface area contributed by atoms with Crippen molar-refractivity contribution in [2.24, 2.45) is 11.8 Å². The van der Waals surface area contributed by atoms with Crippen LogP contribution in [0, 0.1) is 18.8 Å². The summed E-state index contributed by atoms with van der Waals surface area (Å²) in [5, 5.41) is 0. The predicted octanol–water partition coefficient (Wildman–Crippen LogP) is 0.579. The Morgan fingerprint density at radius 1 is 1.32 bits per heavy atom. The SMILES string of the molecule is Cc1cccc(=O)n1CCC(=O)N1C[C@H](NS(C)(=O)=O)[C@@H](C(C)C)C1. The van der Waals surface area contributed by atoms with Crippen LogP contribution in [0.15, 0.2) is 23.0 Å². The van der Waals surface area contributed by atoms with Crippen LogP contribution in [-0.4, -0.2) is 49.2 Å². The minimum Gasteiger partial charge on any atom is -0.341 e. The number of rotatable bonds is 6. The highest BCUT2D eigenvalue weighted by Gasteiger charge is 2.37. The molecular formula is C17H27N3O4S. The predicted molar refractivity (Wildman–Crippen MR) is 96.7 cm³/mol. The van der Waals surface area contributed by atoms with Crippen LogP contribution in [-0.2, 0) is 21.4 Å². The lowest BCUT2D eigenvalue weighted by Crippen LogP contribution is -2.41. The van der Waals surface area contributed by atoms with Gasteiger partial charge in [-0.2, -0.15) is 0 Å². The average Bonchev–Trinajstić information content (AvgIpc) is 2.88. The highest BCUT2D eigenvalue weighted by molar-refractivity contribution is 7.88. The number of sulfonamides is 1. The van der Waals surface area contributed by atoms with Gasteiger partial charge in [-0.05, 0) is 24.8 Å². The van der Waals surface area contributed by atoms with E-state index in [1.807, 2.05) is 26.8 Å². The molecule has 1 saturated heterocycles. The van der Waals surface area contributed by atoms with E-state index in [0.717, 1.165) is 11.9 Å². The lowest BCUT2D eigenvalue weighted by molar-refractivity contribution is -0.130. The van der Waals surface area contributed by atoms with E-state index < -0.39 is 10.0 Å². The third kappa shape index (κ3) is 5.15. The maximum absolute atomic E-state index is 12.6. The van der Waals surface area contributed by atoms with Crippen LogP contribution in [0.4, 0.5) is 0 Å². The van der Waals surface area contributed by atoms with E-state index in [1.165, 1.54) is 6.07 Å². The number of amides is 1. The molecule has 0 unspecified atom stereocenters. The monoisotopic (exact) mass is 369 g/mol. The lowest BCUT2D eigenvalue weighted by Gasteiger charge is -2.21. The molecule has 2 heterocycles. The Labute approximate surface area is 149 Å². The third-order valence-electron chi connectivity index (χ3n) is 4.76. The molecule has 1 aromatic heterocycles. The van der Waals surface area contributed by atoms with E-state index in [0.29, 0.717) is 19.6 Å². The van der Waals surface area contributed by atoms with Crippen LogP contribution < -0.4 is 10.3 Å². The van der Waals surface area contributed by atoms with Crippen LogP contribution in [0.3, 0.4) is 0 Å². The first-order chi connectivity index (χ1) is 11.6. The van der Waals surface area contributed by atoms with Gasteiger partial charge in [0.25, 0.3) is 5.56 Å². The number of hydrogen-bond acceptors (Lipinski definition) is 4. The molecule has 0 aromatic carbocycles.